The van der Waals surface area contributed by atoms with E-state index in [0.29, 0.717) is 0 Å². The first-order valence-corrected chi connectivity index (χ1v) is 7.11. The summed E-state index contributed by atoms with van der Waals surface area (Å²) in [5, 5.41) is 9.57. The lowest BCUT2D eigenvalue weighted by Gasteiger charge is -2.19. The van der Waals surface area contributed by atoms with Crippen LogP contribution < -0.4 is 27.0 Å². The van der Waals surface area contributed by atoms with Gasteiger partial charge in [0.1, 0.15) is 5.60 Å². The van der Waals surface area contributed by atoms with Gasteiger partial charge in [-0.2, -0.15) is 0 Å². The van der Waals surface area contributed by atoms with Gasteiger partial charge in [-0.25, -0.2) is 4.79 Å². The van der Waals surface area contributed by atoms with Crippen molar-refractivity contribution in [2.45, 2.75) is 26.4 Å². The smallest absolute Gasteiger partial charge is 0.407 e. The van der Waals surface area contributed by atoms with E-state index in [9.17, 15) is 19.2 Å². The van der Waals surface area contributed by atoms with E-state index in [1.807, 2.05) is 0 Å². The van der Waals surface area contributed by atoms with Gasteiger partial charge in [-0.3, -0.25) is 14.4 Å². The van der Waals surface area contributed by atoms with Gasteiger partial charge in [0, 0.05) is 13.1 Å². The molecule has 0 rings (SSSR count). The van der Waals surface area contributed by atoms with Crippen LogP contribution in [-0.2, 0) is 19.1 Å². The Morgan fingerprint density at radius 1 is 0.826 bits per heavy atom. The van der Waals surface area contributed by atoms with Gasteiger partial charge in [0.25, 0.3) is 0 Å². The van der Waals surface area contributed by atoms with Crippen molar-refractivity contribution in [3.63, 3.8) is 0 Å². The van der Waals surface area contributed by atoms with Gasteiger partial charge in [-0.1, -0.05) is 0 Å². The van der Waals surface area contributed by atoms with Crippen molar-refractivity contribution in [1.29, 1.82) is 0 Å². The maximum Gasteiger partial charge on any atom is 0.407 e. The molecule has 10 heteroatoms. The molecule has 0 aromatic carbocycles. The van der Waals surface area contributed by atoms with Crippen molar-refractivity contribution in [2.75, 3.05) is 32.7 Å². The highest BCUT2D eigenvalue weighted by Crippen LogP contribution is 2.05. The molecule has 10 nitrogen and oxygen atoms in total. The number of alkyl carbamates (subject to hydrolysis) is 1. The molecule has 132 valence electrons. The fourth-order valence-electron chi connectivity index (χ4n) is 1.24. The van der Waals surface area contributed by atoms with E-state index in [1.165, 1.54) is 0 Å². The fraction of sp³-hybridized carbons (Fsp3) is 0.692. The molecule has 4 amide bonds. The highest BCUT2D eigenvalue weighted by atomic mass is 16.6. The van der Waals surface area contributed by atoms with E-state index in [0.717, 1.165) is 0 Å². The molecular weight excluding hydrogens is 306 g/mol. The zero-order chi connectivity index (χ0) is 17.9. The Kier molecular flexibility index (Phi) is 9.31. The van der Waals surface area contributed by atoms with Gasteiger partial charge < -0.3 is 31.7 Å². The number of hydrogen-bond acceptors (Lipinski definition) is 6. The van der Waals surface area contributed by atoms with Crippen LogP contribution in [0.25, 0.3) is 0 Å². The number of carbonyl (C=O) groups excluding carboxylic acids is 4. The molecular formula is C13H25N5O5. The normalized spacial score (nSPS) is 10.4. The van der Waals surface area contributed by atoms with Crippen LogP contribution in [0.2, 0.25) is 0 Å². The van der Waals surface area contributed by atoms with E-state index in [-0.39, 0.29) is 32.7 Å². The van der Waals surface area contributed by atoms with Gasteiger partial charge in [-0.05, 0) is 20.8 Å². The van der Waals surface area contributed by atoms with E-state index in [1.54, 1.807) is 20.8 Å². The second kappa shape index (κ2) is 10.4. The SMILES string of the molecule is CC(C)(C)OC(=O)NCCNC(=O)CNC(=O)CNC(=O)CN. The molecule has 0 bridgehead atoms. The zero-order valence-electron chi connectivity index (χ0n) is 13.7. The molecule has 0 heterocycles. The third-order valence-electron chi connectivity index (χ3n) is 2.19. The van der Waals surface area contributed by atoms with E-state index in [2.05, 4.69) is 21.3 Å². The summed E-state index contributed by atoms with van der Waals surface area (Å²) in [6, 6.07) is 0. The molecule has 6 N–H and O–H groups in total. The Hall–Kier alpha value is -2.36. The van der Waals surface area contributed by atoms with Crippen molar-refractivity contribution >= 4 is 23.8 Å². The summed E-state index contributed by atoms with van der Waals surface area (Å²) in [4.78, 5) is 44.9. The molecule has 0 saturated heterocycles. The molecule has 0 fully saturated rings. The molecule has 0 unspecified atom stereocenters. The Labute approximate surface area is 134 Å². The van der Waals surface area contributed by atoms with Gasteiger partial charge in [0.15, 0.2) is 0 Å². The van der Waals surface area contributed by atoms with Crippen molar-refractivity contribution < 1.29 is 23.9 Å². The van der Waals surface area contributed by atoms with Crippen LogP contribution in [-0.4, -0.2) is 62.1 Å². The summed E-state index contributed by atoms with van der Waals surface area (Å²) in [5.41, 5.74) is 4.47. The Morgan fingerprint density at radius 3 is 1.83 bits per heavy atom. The Bertz CT molecular complexity index is 433. The topological polar surface area (TPSA) is 152 Å². The lowest BCUT2D eigenvalue weighted by molar-refractivity contribution is -0.127. The highest BCUT2D eigenvalue weighted by Gasteiger charge is 2.15. The number of nitrogens with one attached hydrogen (secondary N) is 4. The van der Waals surface area contributed by atoms with Crippen molar-refractivity contribution in [3.05, 3.63) is 0 Å². The third kappa shape index (κ3) is 13.1. The number of carbonyl (C=O) groups is 4. The number of hydrogen-bond donors (Lipinski definition) is 5. The number of nitrogens with two attached hydrogens (primary N) is 1. The zero-order valence-corrected chi connectivity index (χ0v) is 13.7. The maximum absolute atomic E-state index is 11.4. The average molecular weight is 331 g/mol. The number of ether oxygens (including phenoxy) is 1. The summed E-state index contributed by atoms with van der Waals surface area (Å²) in [6.07, 6.45) is -0.573. The van der Waals surface area contributed by atoms with Gasteiger partial charge in [-0.15, -0.1) is 0 Å². The predicted molar refractivity (Wildman–Crippen MR) is 82.3 cm³/mol. The van der Waals surface area contributed by atoms with Crippen LogP contribution in [0.1, 0.15) is 20.8 Å². The Morgan fingerprint density at radius 2 is 1.30 bits per heavy atom. The van der Waals surface area contributed by atoms with E-state index < -0.39 is 29.4 Å². The summed E-state index contributed by atoms with van der Waals surface area (Å²) in [7, 11) is 0. The maximum atomic E-state index is 11.4. The second-order valence-corrected chi connectivity index (χ2v) is 5.54. The largest absolute Gasteiger partial charge is 0.444 e. The van der Waals surface area contributed by atoms with Crippen molar-refractivity contribution in [3.8, 4) is 0 Å². The molecule has 0 aliphatic heterocycles. The fourth-order valence-corrected chi connectivity index (χ4v) is 1.24. The molecule has 0 aliphatic carbocycles. The highest BCUT2D eigenvalue weighted by molar-refractivity contribution is 5.88. The van der Waals surface area contributed by atoms with Gasteiger partial charge >= 0.3 is 6.09 Å². The number of rotatable bonds is 8. The van der Waals surface area contributed by atoms with Gasteiger partial charge in [0.2, 0.25) is 17.7 Å². The first-order valence-electron chi connectivity index (χ1n) is 7.11. The molecule has 0 atom stereocenters. The van der Waals surface area contributed by atoms with Gasteiger partial charge in [0.05, 0.1) is 19.6 Å². The Balaban J connectivity index is 3.70. The quantitative estimate of drug-likeness (QED) is 0.319. The molecule has 0 aliphatic rings. The first kappa shape index (κ1) is 20.6. The second-order valence-electron chi connectivity index (χ2n) is 5.54. The average Bonchev–Trinajstić information content (AvgIpc) is 2.45. The van der Waals surface area contributed by atoms with Crippen molar-refractivity contribution in [1.82, 2.24) is 21.3 Å². The third-order valence-corrected chi connectivity index (χ3v) is 2.19. The minimum atomic E-state index is -0.586. The first-order chi connectivity index (χ1) is 10.6. The van der Waals surface area contributed by atoms with E-state index >= 15 is 0 Å². The van der Waals surface area contributed by atoms with Crippen LogP contribution in [0.3, 0.4) is 0 Å². The lowest BCUT2D eigenvalue weighted by Crippen LogP contribution is -2.44. The van der Waals surface area contributed by atoms with Crippen LogP contribution in [0.15, 0.2) is 0 Å². The van der Waals surface area contributed by atoms with Crippen LogP contribution in [0.5, 0.6) is 0 Å². The summed E-state index contributed by atoms with van der Waals surface area (Å²) in [5.74, 6) is -1.39. The summed E-state index contributed by atoms with van der Waals surface area (Å²) < 4.78 is 5.02. The summed E-state index contributed by atoms with van der Waals surface area (Å²) >= 11 is 0. The van der Waals surface area contributed by atoms with Crippen LogP contribution >= 0.6 is 0 Å². The minimum absolute atomic E-state index is 0.192. The van der Waals surface area contributed by atoms with Crippen molar-refractivity contribution in [2.24, 2.45) is 5.73 Å². The molecule has 23 heavy (non-hydrogen) atoms. The standard InChI is InChI=1S/C13H25N5O5/c1-13(2,3)23-12(22)16-5-4-15-10(20)7-18-11(21)8-17-9(19)6-14/h4-8,14H2,1-3H3,(H,15,20)(H,16,22)(H,17,19)(H,18,21). The monoisotopic (exact) mass is 331 g/mol. The molecule has 0 aromatic rings. The molecule has 0 spiro atoms. The predicted octanol–water partition coefficient (Wildman–Crippen LogP) is -2.18. The molecule has 0 radical (unpaired) electrons. The lowest BCUT2D eigenvalue weighted by atomic mass is 10.2. The summed E-state index contributed by atoms with van der Waals surface area (Å²) in [6.45, 7) is 4.93. The van der Waals surface area contributed by atoms with E-state index in [4.69, 9.17) is 10.5 Å². The van der Waals surface area contributed by atoms with Crippen LogP contribution in [0.4, 0.5) is 4.79 Å². The van der Waals surface area contributed by atoms with Crippen LogP contribution in [0, 0.1) is 0 Å². The molecule has 0 aromatic heterocycles. The molecule has 0 saturated carbocycles. The minimum Gasteiger partial charge on any atom is -0.444 e. The number of amides is 4.